The second-order valence-electron chi connectivity index (χ2n) is 4.64. The van der Waals surface area contributed by atoms with E-state index in [0.29, 0.717) is 6.54 Å². The van der Waals surface area contributed by atoms with Crippen LogP contribution in [0.15, 0.2) is 36.5 Å². The minimum Gasteiger partial charge on any atom is -0.395 e. The van der Waals surface area contributed by atoms with Gasteiger partial charge in [0.2, 0.25) is 0 Å². The van der Waals surface area contributed by atoms with Crippen LogP contribution in [0, 0.1) is 6.92 Å². The Morgan fingerprint density at radius 3 is 2.68 bits per heavy atom. The van der Waals surface area contributed by atoms with Crippen molar-refractivity contribution in [3.8, 4) is 5.69 Å². The molecule has 4 heteroatoms. The topological polar surface area (TPSA) is 50.1 Å². The molecular weight excluding hydrogens is 238 g/mol. The monoisotopic (exact) mass is 259 g/mol. The molecule has 0 fully saturated rings. The fraction of sp³-hybridized carbons (Fsp3) is 0.400. The van der Waals surface area contributed by atoms with Gasteiger partial charge < -0.3 is 10.4 Å². The summed E-state index contributed by atoms with van der Waals surface area (Å²) in [5.74, 6) is 0.972. The van der Waals surface area contributed by atoms with Gasteiger partial charge >= 0.3 is 0 Å². The lowest BCUT2D eigenvalue weighted by atomic mass is 10.2. The van der Waals surface area contributed by atoms with Crippen molar-refractivity contribution < 1.29 is 5.11 Å². The van der Waals surface area contributed by atoms with Gasteiger partial charge in [-0.05, 0) is 25.5 Å². The molecule has 19 heavy (non-hydrogen) atoms. The van der Waals surface area contributed by atoms with Gasteiger partial charge in [0.1, 0.15) is 5.82 Å². The molecule has 2 N–H and O–H groups in total. The Kier molecular flexibility index (Phi) is 4.71. The summed E-state index contributed by atoms with van der Waals surface area (Å²) in [5.41, 5.74) is 2.22. The molecule has 0 spiro atoms. The Labute approximate surface area is 114 Å². The molecule has 0 radical (unpaired) electrons. The molecule has 0 saturated carbocycles. The van der Waals surface area contributed by atoms with E-state index >= 15 is 0 Å². The lowest BCUT2D eigenvalue weighted by Gasteiger charge is -2.15. The van der Waals surface area contributed by atoms with Crippen LogP contribution in [0.4, 0.5) is 0 Å². The zero-order chi connectivity index (χ0) is 13.7. The van der Waals surface area contributed by atoms with Gasteiger partial charge in [-0.1, -0.05) is 25.1 Å². The van der Waals surface area contributed by atoms with Crippen molar-refractivity contribution in [3.63, 3.8) is 0 Å². The van der Waals surface area contributed by atoms with Crippen LogP contribution in [-0.4, -0.2) is 27.3 Å². The molecular formula is C15H21N3O. The number of aliphatic hydroxyl groups is 1. The normalized spacial score (nSPS) is 12.6. The van der Waals surface area contributed by atoms with Crippen LogP contribution in [0.25, 0.3) is 5.69 Å². The lowest BCUT2D eigenvalue weighted by molar-refractivity contribution is 0.238. The van der Waals surface area contributed by atoms with Crippen LogP contribution in [-0.2, 0) is 6.54 Å². The third-order valence-electron chi connectivity index (χ3n) is 3.31. The van der Waals surface area contributed by atoms with Crippen molar-refractivity contribution in [2.24, 2.45) is 0 Å². The number of benzene rings is 1. The van der Waals surface area contributed by atoms with Crippen LogP contribution in [0.5, 0.6) is 0 Å². The zero-order valence-corrected chi connectivity index (χ0v) is 11.5. The second-order valence-corrected chi connectivity index (χ2v) is 4.64. The number of aromatic nitrogens is 2. The van der Waals surface area contributed by atoms with Crippen LogP contribution >= 0.6 is 0 Å². The summed E-state index contributed by atoms with van der Waals surface area (Å²) in [6.45, 7) is 4.93. The van der Waals surface area contributed by atoms with Gasteiger partial charge in [0.15, 0.2) is 0 Å². The first-order valence-corrected chi connectivity index (χ1v) is 6.69. The predicted molar refractivity (Wildman–Crippen MR) is 76.3 cm³/mol. The van der Waals surface area contributed by atoms with Gasteiger partial charge in [-0.15, -0.1) is 0 Å². The Hall–Kier alpha value is -1.65. The molecule has 0 aliphatic rings. The lowest BCUT2D eigenvalue weighted by Crippen LogP contribution is -2.31. The summed E-state index contributed by atoms with van der Waals surface area (Å²) >= 11 is 0. The molecule has 1 atom stereocenters. The standard InChI is InChI=1S/C15H21N3O/c1-3-13(11-19)17-10-15-9-16-12(2)18(15)14-7-5-4-6-8-14/h4-9,13,17,19H,3,10-11H2,1-2H3. The highest BCUT2D eigenvalue weighted by atomic mass is 16.3. The highest BCUT2D eigenvalue weighted by molar-refractivity contribution is 5.35. The highest BCUT2D eigenvalue weighted by Gasteiger charge is 2.10. The molecule has 0 aliphatic heterocycles. The minimum absolute atomic E-state index is 0.138. The van der Waals surface area contributed by atoms with Crippen molar-refractivity contribution in [1.82, 2.24) is 14.9 Å². The number of para-hydroxylation sites is 1. The van der Waals surface area contributed by atoms with E-state index in [2.05, 4.69) is 33.9 Å². The number of nitrogens with one attached hydrogen (secondary N) is 1. The first-order valence-electron chi connectivity index (χ1n) is 6.69. The Balaban J connectivity index is 2.19. The Bertz CT molecular complexity index is 503. The molecule has 1 heterocycles. The maximum atomic E-state index is 9.21. The van der Waals surface area contributed by atoms with Crippen molar-refractivity contribution in [2.45, 2.75) is 32.9 Å². The molecule has 0 amide bonds. The van der Waals surface area contributed by atoms with Gasteiger partial charge in [0.25, 0.3) is 0 Å². The van der Waals surface area contributed by atoms with Crippen molar-refractivity contribution >= 4 is 0 Å². The third kappa shape index (κ3) is 3.22. The molecule has 1 unspecified atom stereocenters. The summed E-state index contributed by atoms with van der Waals surface area (Å²) < 4.78 is 2.14. The first kappa shape index (κ1) is 13.8. The quantitative estimate of drug-likeness (QED) is 0.834. The number of aryl methyl sites for hydroxylation is 1. The summed E-state index contributed by atoms with van der Waals surface area (Å²) in [5, 5.41) is 12.6. The summed E-state index contributed by atoms with van der Waals surface area (Å²) in [4.78, 5) is 4.38. The summed E-state index contributed by atoms with van der Waals surface area (Å²) in [6, 6.07) is 10.3. The maximum Gasteiger partial charge on any atom is 0.110 e. The first-order chi connectivity index (χ1) is 9.26. The van der Waals surface area contributed by atoms with Crippen molar-refractivity contribution in [1.29, 1.82) is 0 Å². The minimum atomic E-state index is 0.138. The van der Waals surface area contributed by atoms with E-state index in [-0.39, 0.29) is 12.6 Å². The number of hydrogen-bond donors (Lipinski definition) is 2. The zero-order valence-electron chi connectivity index (χ0n) is 11.5. The number of aliphatic hydroxyl groups excluding tert-OH is 1. The Morgan fingerprint density at radius 1 is 1.32 bits per heavy atom. The fourth-order valence-corrected chi connectivity index (χ4v) is 2.13. The van der Waals surface area contributed by atoms with Gasteiger partial charge in [-0.2, -0.15) is 0 Å². The molecule has 0 saturated heterocycles. The number of nitrogens with zero attached hydrogens (tertiary/aromatic N) is 2. The van der Waals surface area contributed by atoms with Gasteiger partial charge in [-0.3, -0.25) is 4.57 Å². The van der Waals surface area contributed by atoms with Crippen LogP contribution in [0.3, 0.4) is 0 Å². The van der Waals surface area contributed by atoms with Gasteiger partial charge in [-0.25, -0.2) is 4.98 Å². The van der Waals surface area contributed by atoms with Crippen LogP contribution in [0.1, 0.15) is 24.9 Å². The number of rotatable bonds is 6. The predicted octanol–water partition coefficient (Wildman–Crippen LogP) is 2.04. The van der Waals surface area contributed by atoms with E-state index in [9.17, 15) is 5.11 Å². The smallest absolute Gasteiger partial charge is 0.110 e. The highest BCUT2D eigenvalue weighted by Crippen LogP contribution is 2.14. The SMILES string of the molecule is CCC(CO)NCc1cnc(C)n1-c1ccccc1. The second kappa shape index (κ2) is 6.50. The molecule has 0 bridgehead atoms. The largest absolute Gasteiger partial charge is 0.395 e. The summed E-state index contributed by atoms with van der Waals surface area (Å²) in [7, 11) is 0. The van der Waals surface area contributed by atoms with Crippen LogP contribution in [0.2, 0.25) is 0 Å². The number of hydrogen-bond acceptors (Lipinski definition) is 3. The molecule has 102 valence electrons. The van der Waals surface area contributed by atoms with E-state index in [1.54, 1.807) is 0 Å². The van der Waals surface area contributed by atoms with Gasteiger partial charge in [0.05, 0.1) is 18.5 Å². The third-order valence-corrected chi connectivity index (χ3v) is 3.31. The Morgan fingerprint density at radius 2 is 2.05 bits per heavy atom. The molecule has 2 rings (SSSR count). The summed E-state index contributed by atoms with van der Waals surface area (Å²) in [6.07, 6.45) is 2.80. The molecule has 1 aromatic heterocycles. The van der Waals surface area contributed by atoms with Gasteiger partial charge in [0, 0.05) is 18.3 Å². The van der Waals surface area contributed by atoms with Crippen LogP contribution < -0.4 is 5.32 Å². The number of imidazole rings is 1. The fourth-order valence-electron chi connectivity index (χ4n) is 2.13. The van der Waals surface area contributed by atoms with Crippen molar-refractivity contribution in [3.05, 3.63) is 48.0 Å². The molecule has 1 aromatic carbocycles. The average Bonchev–Trinajstić information content (AvgIpc) is 2.82. The molecule has 0 aliphatic carbocycles. The van der Waals surface area contributed by atoms with E-state index in [4.69, 9.17) is 0 Å². The van der Waals surface area contributed by atoms with Crippen molar-refractivity contribution in [2.75, 3.05) is 6.61 Å². The average molecular weight is 259 g/mol. The van der Waals surface area contributed by atoms with E-state index < -0.39 is 0 Å². The van der Waals surface area contributed by atoms with E-state index in [1.807, 2.05) is 31.3 Å². The van der Waals surface area contributed by atoms with E-state index in [1.165, 1.54) is 0 Å². The maximum absolute atomic E-state index is 9.21. The molecule has 4 nitrogen and oxygen atoms in total. The van der Waals surface area contributed by atoms with E-state index in [0.717, 1.165) is 23.6 Å². The molecule has 2 aromatic rings.